The highest BCUT2D eigenvalue weighted by Gasteiger charge is 2.07. The first-order valence-electron chi connectivity index (χ1n) is 6.34. The molecule has 2 nitrogen and oxygen atoms in total. The molecule has 0 unspecified atom stereocenters. The van der Waals surface area contributed by atoms with Gasteiger partial charge in [0.15, 0.2) is 0 Å². The lowest BCUT2D eigenvalue weighted by Crippen LogP contribution is -2.17. The monoisotopic (exact) mass is 337 g/mol. The fourth-order valence-corrected chi connectivity index (χ4v) is 2.46. The molecule has 0 saturated heterocycles. The predicted octanol–water partition coefficient (Wildman–Crippen LogP) is 4.23. The van der Waals surface area contributed by atoms with Gasteiger partial charge in [0.25, 0.3) is 0 Å². The van der Waals surface area contributed by atoms with Crippen LogP contribution in [-0.4, -0.2) is 19.1 Å². The van der Waals surface area contributed by atoms with Crippen molar-refractivity contribution in [3.63, 3.8) is 0 Å². The summed E-state index contributed by atoms with van der Waals surface area (Å²) in [7, 11) is 3.67. The Kier molecular flexibility index (Phi) is 5.15. The topological polar surface area (TPSA) is 12.5 Å². The third kappa shape index (κ3) is 4.05. The van der Waals surface area contributed by atoms with Gasteiger partial charge in [-0.05, 0) is 48.5 Å². The molecule has 2 aromatic carbocycles. The molecule has 0 aliphatic carbocycles. The predicted molar refractivity (Wildman–Crippen MR) is 82.3 cm³/mol. The van der Waals surface area contributed by atoms with E-state index in [4.69, 9.17) is 4.74 Å². The SMILES string of the molecule is COc1ccc(Br)c(CN(C)Cc2cccc(F)c2)c1. The molecule has 4 heteroatoms. The second-order valence-electron chi connectivity index (χ2n) is 4.76. The lowest BCUT2D eigenvalue weighted by atomic mass is 10.1. The van der Waals surface area contributed by atoms with Crippen molar-refractivity contribution < 1.29 is 9.13 Å². The van der Waals surface area contributed by atoms with Crippen molar-refractivity contribution in [1.82, 2.24) is 4.90 Å². The maximum Gasteiger partial charge on any atom is 0.123 e. The number of nitrogens with zero attached hydrogens (tertiary/aromatic N) is 1. The highest BCUT2D eigenvalue weighted by Crippen LogP contribution is 2.24. The summed E-state index contributed by atoms with van der Waals surface area (Å²) in [6.45, 7) is 1.45. The fourth-order valence-electron chi connectivity index (χ4n) is 2.09. The van der Waals surface area contributed by atoms with Gasteiger partial charge in [-0.3, -0.25) is 4.90 Å². The summed E-state index contributed by atoms with van der Waals surface area (Å²) in [5.74, 6) is 0.640. The minimum absolute atomic E-state index is 0.196. The summed E-state index contributed by atoms with van der Waals surface area (Å²) in [6.07, 6.45) is 0. The van der Waals surface area contributed by atoms with Gasteiger partial charge in [-0.25, -0.2) is 4.39 Å². The smallest absolute Gasteiger partial charge is 0.123 e. The molecular formula is C16H17BrFNO. The molecule has 0 bridgehead atoms. The highest BCUT2D eigenvalue weighted by molar-refractivity contribution is 9.10. The number of methoxy groups -OCH3 is 1. The van der Waals surface area contributed by atoms with Crippen LogP contribution in [0.1, 0.15) is 11.1 Å². The normalized spacial score (nSPS) is 10.8. The lowest BCUT2D eigenvalue weighted by Gasteiger charge is -2.18. The molecule has 0 N–H and O–H groups in total. The number of ether oxygens (including phenoxy) is 1. The summed E-state index contributed by atoms with van der Waals surface area (Å²) in [6, 6.07) is 12.6. The van der Waals surface area contributed by atoms with Crippen LogP contribution in [0.2, 0.25) is 0 Å². The Balaban J connectivity index is 2.06. The van der Waals surface area contributed by atoms with E-state index in [1.165, 1.54) is 6.07 Å². The molecule has 0 amide bonds. The van der Waals surface area contributed by atoms with Gasteiger partial charge < -0.3 is 4.74 Å². The lowest BCUT2D eigenvalue weighted by molar-refractivity contribution is 0.317. The summed E-state index contributed by atoms with van der Waals surface area (Å²) in [5.41, 5.74) is 2.11. The minimum atomic E-state index is -0.196. The first kappa shape index (κ1) is 15.0. The maximum atomic E-state index is 13.2. The molecule has 0 radical (unpaired) electrons. The van der Waals surface area contributed by atoms with Gasteiger partial charge in [-0.15, -0.1) is 0 Å². The Bertz CT molecular complexity index is 588. The van der Waals surface area contributed by atoms with E-state index < -0.39 is 0 Å². The van der Waals surface area contributed by atoms with Crippen LogP contribution in [0.15, 0.2) is 46.9 Å². The zero-order valence-corrected chi connectivity index (χ0v) is 13.2. The number of halogens is 2. The Morgan fingerprint density at radius 3 is 2.65 bits per heavy atom. The Labute approximate surface area is 127 Å². The standard InChI is InChI=1S/C16H17BrFNO/c1-19(10-12-4-3-5-14(18)8-12)11-13-9-15(20-2)6-7-16(13)17/h3-9H,10-11H2,1-2H3. The fraction of sp³-hybridized carbons (Fsp3) is 0.250. The van der Waals surface area contributed by atoms with E-state index in [1.807, 2.05) is 31.3 Å². The molecule has 0 heterocycles. The van der Waals surface area contributed by atoms with Gasteiger partial charge >= 0.3 is 0 Å². The molecule has 106 valence electrons. The van der Waals surface area contributed by atoms with Crippen LogP contribution >= 0.6 is 15.9 Å². The van der Waals surface area contributed by atoms with Crippen molar-refractivity contribution >= 4 is 15.9 Å². The first-order chi connectivity index (χ1) is 9.58. The van der Waals surface area contributed by atoms with Crippen molar-refractivity contribution in [2.45, 2.75) is 13.1 Å². The number of hydrogen-bond donors (Lipinski definition) is 0. The number of benzene rings is 2. The summed E-state index contributed by atoms with van der Waals surface area (Å²) >= 11 is 3.54. The molecule has 0 fully saturated rings. The van der Waals surface area contributed by atoms with Crippen molar-refractivity contribution in [3.05, 3.63) is 63.9 Å². The second kappa shape index (κ2) is 6.86. The number of rotatable bonds is 5. The zero-order valence-electron chi connectivity index (χ0n) is 11.6. The molecule has 0 spiro atoms. The molecule has 20 heavy (non-hydrogen) atoms. The van der Waals surface area contributed by atoms with Crippen LogP contribution in [0.3, 0.4) is 0 Å². The largest absolute Gasteiger partial charge is 0.497 e. The van der Waals surface area contributed by atoms with Gasteiger partial charge in [0.05, 0.1) is 7.11 Å². The van der Waals surface area contributed by atoms with Crippen LogP contribution in [0.5, 0.6) is 5.75 Å². The molecule has 2 rings (SSSR count). The van der Waals surface area contributed by atoms with Crippen molar-refractivity contribution in [2.75, 3.05) is 14.2 Å². The van der Waals surface area contributed by atoms with Gasteiger partial charge in [0.1, 0.15) is 11.6 Å². The quantitative estimate of drug-likeness (QED) is 0.809. The van der Waals surface area contributed by atoms with Crippen molar-refractivity contribution in [1.29, 1.82) is 0 Å². The Hall–Kier alpha value is -1.39. The second-order valence-corrected chi connectivity index (χ2v) is 5.61. The molecule has 0 aromatic heterocycles. The highest BCUT2D eigenvalue weighted by atomic mass is 79.9. The maximum absolute atomic E-state index is 13.2. The molecule has 0 atom stereocenters. The third-order valence-electron chi connectivity index (χ3n) is 3.03. The van der Waals surface area contributed by atoms with Crippen LogP contribution < -0.4 is 4.74 Å². The van der Waals surface area contributed by atoms with E-state index in [9.17, 15) is 4.39 Å². The van der Waals surface area contributed by atoms with Gasteiger partial charge in [-0.2, -0.15) is 0 Å². The Morgan fingerprint density at radius 1 is 1.15 bits per heavy atom. The van der Waals surface area contributed by atoms with Crippen molar-refractivity contribution in [2.24, 2.45) is 0 Å². The third-order valence-corrected chi connectivity index (χ3v) is 3.81. The van der Waals surface area contributed by atoms with Crippen LogP contribution in [0.25, 0.3) is 0 Å². The number of hydrogen-bond acceptors (Lipinski definition) is 2. The average molecular weight is 338 g/mol. The minimum Gasteiger partial charge on any atom is -0.497 e. The summed E-state index contributed by atoms with van der Waals surface area (Å²) in [4.78, 5) is 2.13. The van der Waals surface area contributed by atoms with E-state index >= 15 is 0 Å². The van der Waals surface area contributed by atoms with E-state index in [-0.39, 0.29) is 5.82 Å². The molecule has 0 aliphatic heterocycles. The molecule has 0 aliphatic rings. The van der Waals surface area contributed by atoms with Gasteiger partial charge in [0.2, 0.25) is 0 Å². The molecule has 2 aromatic rings. The van der Waals surface area contributed by atoms with E-state index in [0.717, 1.165) is 27.9 Å². The van der Waals surface area contributed by atoms with E-state index in [1.54, 1.807) is 19.2 Å². The van der Waals surface area contributed by atoms with Crippen molar-refractivity contribution in [3.8, 4) is 5.75 Å². The first-order valence-corrected chi connectivity index (χ1v) is 7.13. The van der Waals surface area contributed by atoms with E-state index in [2.05, 4.69) is 20.8 Å². The average Bonchev–Trinajstić information content (AvgIpc) is 2.41. The summed E-state index contributed by atoms with van der Waals surface area (Å²) < 4.78 is 19.4. The molecular weight excluding hydrogens is 321 g/mol. The van der Waals surface area contributed by atoms with Gasteiger partial charge in [0, 0.05) is 17.6 Å². The molecule has 0 saturated carbocycles. The summed E-state index contributed by atoms with van der Waals surface area (Å²) in [5, 5.41) is 0. The van der Waals surface area contributed by atoms with Crippen LogP contribution in [0.4, 0.5) is 4.39 Å². The Morgan fingerprint density at radius 2 is 1.95 bits per heavy atom. The zero-order chi connectivity index (χ0) is 14.5. The van der Waals surface area contributed by atoms with Crippen LogP contribution in [0, 0.1) is 5.82 Å². The van der Waals surface area contributed by atoms with Gasteiger partial charge in [-0.1, -0.05) is 28.1 Å². The van der Waals surface area contributed by atoms with E-state index in [0.29, 0.717) is 6.54 Å². The van der Waals surface area contributed by atoms with Crippen LogP contribution in [-0.2, 0) is 13.1 Å².